The van der Waals surface area contributed by atoms with Gasteiger partial charge in [-0.25, -0.2) is 9.37 Å². The smallest absolute Gasteiger partial charge is 0.169 e. The van der Waals surface area contributed by atoms with Crippen molar-refractivity contribution in [3.8, 4) is 5.75 Å². The third-order valence-electron chi connectivity index (χ3n) is 2.47. The van der Waals surface area contributed by atoms with E-state index in [4.69, 9.17) is 14.3 Å². The molecule has 0 radical (unpaired) electrons. The number of rotatable bonds is 5. The number of hydrogen-bond donors (Lipinski definition) is 1. The Hall–Kier alpha value is -1.40. The number of hydrogen-bond acceptors (Lipinski definition) is 5. The molecule has 18 heavy (non-hydrogen) atoms. The Morgan fingerprint density at radius 1 is 1.56 bits per heavy atom. The fraction of sp³-hybridized carbons (Fsp3) is 0.583. The zero-order valence-corrected chi connectivity index (χ0v) is 9.57. The molecule has 1 N–H and O–H groups in total. The Bertz CT molecular complexity index is 609. The monoisotopic (exact) mass is 262 g/mol. The molecule has 0 aliphatic carbocycles. The van der Waals surface area contributed by atoms with Crippen molar-refractivity contribution in [1.82, 2.24) is 10.3 Å². The van der Waals surface area contributed by atoms with E-state index < -0.39 is 26.0 Å². The van der Waals surface area contributed by atoms with Crippen LogP contribution in [0.4, 0.5) is 10.2 Å². The molecule has 0 aromatic carbocycles. The molecule has 1 saturated heterocycles. The summed E-state index contributed by atoms with van der Waals surface area (Å²) in [6.45, 7) is -4.03. The van der Waals surface area contributed by atoms with Crippen molar-refractivity contribution in [2.45, 2.75) is 0 Å². The van der Waals surface area contributed by atoms with Gasteiger partial charge < -0.3 is 19.7 Å². The summed E-state index contributed by atoms with van der Waals surface area (Å²) in [4.78, 5) is 5.61. The van der Waals surface area contributed by atoms with Gasteiger partial charge in [0.05, 0.1) is 22.4 Å². The van der Waals surface area contributed by atoms with Gasteiger partial charge in [0.15, 0.2) is 11.6 Å². The lowest BCUT2D eigenvalue weighted by Crippen LogP contribution is -2.44. The molecule has 1 aromatic rings. The summed E-state index contributed by atoms with van der Waals surface area (Å²) in [5.41, 5.74) is 0. The number of nitrogens with zero attached hydrogens (tertiary/aromatic N) is 2. The fourth-order valence-corrected chi connectivity index (χ4v) is 1.68. The topological polar surface area (TPSA) is 46.6 Å². The highest BCUT2D eigenvalue weighted by molar-refractivity contribution is 5.43. The highest BCUT2D eigenvalue weighted by Gasteiger charge is 2.16. The predicted octanol–water partition coefficient (Wildman–Crippen LogP) is 0.655. The van der Waals surface area contributed by atoms with Crippen LogP contribution in [0.5, 0.6) is 5.75 Å². The van der Waals surface area contributed by atoms with Crippen molar-refractivity contribution in [3.63, 3.8) is 0 Å². The van der Waals surface area contributed by atoms with E-state index in [1.54, 1.807) is 4.90 Å². The van der Waals surface area contributed by atoms with Crippen LogP contribution in [0.3, 0.4) is 0 Å². The second-order valence-electron chi connectivity index (χ2n) is 3.62. The molecular formula is C12H18FN3O2. The summed E-state index contributed by atoms with van der Waals surface area (Å²) in [6, 6.07) is 0.869. The van der Waals surface area contributed by atoms with Crippen molar-refractivity contribution in [3.05, 3.63) is 18.1 Å². The Labute approximate surface area is 116 Å². The van der Waals surface area contributed by atoms with Crippen molar-refractivity contribution >= 4 is 5.82 Å². The summed E-state index contributed by atoms with van der Waals surface area (Å²) < 4.78 is 73.9. The maximum Gasteiger partial charge on any atom is 0.169 e. The summed E-state index contributed by atoms with van der Waals surface area (Å²) in [5, 5.41) is 3.11. The molecule has 0 saturated carbocycles. The minimum Gasteiger partial charge on any atom is -0.489 e. The van der Waals surface area contributed by atoms with Gasteiger partial charge >= 0.3 is 0 Å². The highest BCUT2D eigenvalue weighted by atomic mass is 19.1. The van der Waals surface area contributed by atoms with Gasteiger partial charge in [0, 0.05) is 39.3 Å². The molecule has 2 heterocycles. The molecule has 2 rings (SSSR count). The number of methoxy groups -OCH3 is 1. The van der Waals surface area contributed by atoms with Crippen LogP contribution in [-0.4, -0.2) is 51.3 Å². The fourth-order valence-electron chi connectivity index (χ4n) is 1.68. The minimum absolute atomic E-state index is 0.0798. The number of aromatic nitrogens is 1. The van der Waals surface area contributed by atoms with Crippen LogP contribution in [0.2, 0.25) is 0 Å². The van der Waals surface area contributed by atoms with E-state index >= 15 is 0 Å². The molecule has 0 unspecified atom stereocenters. The number of pyridine rings is 1. The quantitative estimate of drug-likeness (QED) is 0.844. The van der Waals surface area contributed by atoms with Crippen LogP contribution >= 0.6 is 0 Å². The summed E-state index contributed by atoms with van der Waals surface area (Å²) in [7, 11) is -3.17. The van der Waals surface area contributed by atoms with Crippen molar-refractivity contribution in [1.29, 1.82) is 0 Å². The van der Waals surface area contributed by atoms with E-state index in [-0.39, 0.29) is 11.6 Å². The molecule has 0 bridgehead atoms. The van der Waals surface area contributed by atoms with Gasteiger partial charge in [0.2, 0.25) is 0 Å². The molecule has 1 aliphatic heterocycles. The van der Waals surface area contributed by atoms with Crippen LogP contribution in [0.25, 0.3) is 0 Å². The van der Waals surface area contributed by atoms with Crippen molar-refractivity contribution in [2.75, 3.05) is 51.2 Å². The van der Waals surface area contributed by atoms with Gasteiger partial charge in [-0.3, -0.25) is 0 Å². The van der Waals surface area contributed by atoms with Gasteiger partial charge in [0.1, 0.15) is 12.3 Å². The average Bonchev–Trinajstić information content (AvgIpc) is 2.45. The molecule has 100 valence electrons. The van der Waals surface area contributed by atoms with Crippen molar-refractivity contribution in [2.24, 2.45) is 0 Å². The van der Waals surface area contributed by atoms with E-state index in [1.165, 1.54) is 0 Å². The minimum atomic E-state index is -3.30. The van der Waals surface area contributed by atoms with E-state index in [1.807, 2.05) is 0 Å². The van der Waals surface area contributed by atoms with Gasteiger partial charge in [0.25, 0.3) is 0 Å². The Morgan fingerprint density at radius 3 is 3.11 bits per heavy atom. The van der Waals surface area contributed by atoms with E-state index in [2.05, 4.69) is 15.0 Å². The maximum absolute atomic E-state index is 14.2. The third-order valence-corrected chi connectivity index (χ3v) is 2.47. The van der Waals surface area contributed by atoms with Crippen LogP contribution in [0.15, 0.2) is 12.3 Å². The standard InChI is InChI=1S/C12H18FN3O2/c1-17-6-7-18-10-8-11(13)12(15-9-10)16-4-2-14-3-5-16/h8-9,14H,2-7H2,1H3/i1D3,6D2,7D2. The van der Waals surface area contributed by atoms with Crippen LogP contribution in [0.1, 0.15) is 9.60 Å². The van der Waals surface area contributed by atoms with Gasteiger partial charge in [-0.1, -0.05) is 0 Å². The second-order valence-corrected chi connectivity index (χ2v) is 3.62. The number of ether oxygens (including phenoxy) is 2. The molecular weight excluding hydrogens is 237 g/mol. The normalized spacial score (nSPS) is 23.8. The van der Waals surface area contributed by atoms with Crippen molar-refractivity contribution < 1.29 is 23.5 Å². The van der Waals surface area contributed by atoms with Gasteiger partial charge in [-0.2, -0.15) is 0 Å². The van der Waals surface area contributed by atoms with Crippen LogP contribution in [-0.2, 0) is 4.74 Å². The zero-order valence-electron chi connectivity index (χ0n) is 16.6. The first-order valence-electron chi connectivity index (χ1n) is 8.92. The molecule has 0 amide bonds. The summed E-state index contributed by atoms with van der Waals surface area (Å²) >= 11 is 0. The SMILES string of the molecule is [2H]C([2H])([2H])OC([2H])([2H])C([2H])([2H])Oc1cnc(N2CCNCC2)c(F)c1. The van der Waals surface area contributed by atoms with E-state index in [0.717, 1.165) is 12.3 Å². The largest absolute Gasteiger partial charge is 0.489 e. The number of piperazine rings is 1. The Balaban J connectivity index is 2.15. The molecule has 6 heteroatoms. The number of halogens is 1. The van der Waals surface area contributed by atoms with Gasteiger partial charge in [-0.15, -0.1) is 0 Å². The van der Waals surface area contributed by atoms with E-state index in [0.29, 0.717) is 26.2 Å². The molecule has 5 nitrogen and oxygen atoms in total. The lowest BCUT2D eigenvalue weighted by Gasteiger charge is -2.28. The summed E-state index contributed by atoms with van der Waals surface area (Å²) in [6.07, 6.45) is 1.05. The molecule has 0 atom stereocenters. The first kappa shape index (κ1) is 6.68. The predicted molar refractivity (Wildman–Crippen MR) is 66.6 cm³/mol. The second kappa shape index (κ2) is 6.51. The van der Waals surface area contributed by atoms with Gasteiger partial charge in [-0.05, 0) is 0 Å². The maximum atomic E-state index is 14.2. The molecule has 0 spiro atoms. The van der Waals surface area contributed by atoms with E-state index in [9.17, 15) is 4.39 Å². The Kier molecular flexibility index (Phi) is 2.41. The first-order valence-corrected chi connectivity index (χ1v) is 5.42. The van der Waals surface area contributed by atoms with Crippen LogP contribution < -0.4 is 15.0 Å². The lowest BCUT2D eigenvalue weighted by molar-refractivity contribution is 0.146. The first-order chi connectivity index (χ1) is 11.4. The highest BCUT2D eigenvalue weighted by Crippen LogP contribution is 2.21. The zero-order chi connectivity index (χ0) is 18.9. The van der Waals surface area contributed by atoms with Crippen LogP contribution in [0, 0.1) is 5.82 Å². The summed E-state index contributed by atoms with van der Waals surface area (Å²) in [5.74, 6) is -1.07. The number of nitrogens with one attached hydrogen (secondary N) is 1. The lowest BCUT2D eigenvalue weighted by atomic mass is 10.3. The number of anilines is 1. The average molecular weight is 262 g/mol. The molecule has 1 aromatic heterocycles. The third kappa shape index (κ3) is 3.30. The Morgan fingerprint density at radius 2 is 2.39 bits per heavy atom. The molecule has 1 aliphatic rings. The molecule has 1 fully saturated rings.